The second kappa shape index (κ2) is 9.01. The number of imidazole rings is 1. The molecule has 162 valence electrons. The van der Waals surface area contributed by atoms with Gasteiger partial charge in [-0.05, 0) is 61.6 Å². The molecular weight excluding hydrogens is 417 g/mol. The summed E-state index contributed by atoms with van der Waals surface area (Å²) < 4.78 is 26.2. The first-order valence-electron chi connectivity index (χ1n) is 9.98. The Balaban J connectivity index is 1.73. The van der Waals surface area contributed by atoms with Crippen LogP contribution in [0.25, 0.3) is 5.69 Å². The highest BCUT2D eigenvalue weighted by atomic mass is 32.2. The minimum Gasteiger partial charge on any atom is -0.497 e. The van der Waals surface area contributed by atoms with Gasteiger partial charge in [0.25, 0.3) is 5.91 Å². The monoisotopic (exact) mass is 441 g/mol. The molecule has 1 atom stereocenters. The molecule has 1 saturated heterocycles. The average Bonchev–Trinajstić information content (AvgIpc) is 3.46. The molecule has 6 nitrogen and oxygen atoms in total. The molecule has 2 aromatic carbocycles. The summed E-state index contributed by atoms with van der Waals surface area (Å²) in [6, 6.07) is 11.6. The Morgan fingerprint density at radius 1 is 1.16 bits per heavy atom. The van der Waals surface area contributed by atoms with Crippen LogP contribution in [0, 0.1) is 5.82 Å². The number of nitrogens with zero attached hydrogens (tertiary/aromatic N) is 3. The summed E-state index contributed by atoms with van der Waals surface area (Å²) in [6.07, 6.45) is 5.21. The van der Waals surface area contributed by atoms with Crippen LogP contribution < -0.4 is 9.47 Å². The Morgan fingerprint density at radius 2 is 1.94 bits per heavy atom. The highest BCUT2D eigenvalue weighted by Gasteiger charge is 2.34. The fourth-order valence-electron chi connectivity index (χ4n) is 4.05. The van der Waals surface area contributed by atoms with E-state index in [-0.39, 0.29) is 17.8 Å². The van der Waals surface area contributed by atoms with E-state index in [0.29, 0.717) is 23.1 Å². The normalized spacial score (nSPS) is 15.9. The number of hydrogen-bond acceptors (Lipinski definition) is 5. The minimum atomic E-state index is -0.327. The molecule has 31 heavy (non-hydrogen) atoms. The van der Waals surface area contributed by atoms with Gasteiger partial charge in [-0.2, -0.15) is 0 Å². The standard InChI is InChI=1S/C23H24FN3O3S/c1-29-17-10-11-21(30-2)18(13-17)19-5-4-12-26(19)22(28)20-14-25-23(31-3)27(20)16-8-6-15(24)7-9-16/h6-11,13-14,19H,4-5,12H2,1-3H3. The van der Waals surface area contributed by atoms with E-state index in [0.717, 1.165) is 29.9 Å². The molecule has 0 radical (unpaired) electrons. The van der Waals surface area contributed by atoms with Gasteiger partial charge in [-0.3, -0.25) is 9.36 Å². The van der Waals surface area contributed by atoms with Crippen LogP contribution in [0.1, 0.15) is 34.9 Å². The van der Waals surface area contributed by atoms with Crippen LogP contribution in [0.4, 0.5) is 4.39 Å². The number of thioether (sulfide) groups is 1. The number of aromatic nitrogens is 2. The molecule has 1 amide bonds. The fourth-order valence-corrected chi connectivity index (χ4v) is 4.59. The van der Waals surface area contributed by atoms with Crippen molar-refractivity contribution in [1.29, 1.82) is 0 Å². The van der Waals surface area contributed by atoms with Gasteiger partial charge in [0.2, 0.25) is 0 Å². The average molecular weight is 442 g/mol. The van der Waals surface area contributed by atoms with Crippen molar-refractivity contribution >= 4 is 17.7 Å². The van der Waals surface area contributed by atoms with Crippen LogP contribution >= 0.6 is 11.8 Å². The van der Waals surface area contributed by atoms with Crippen molar-refractivity contribution in [3.8, 4) is 17.2 Å². The maximum atomic E-state index is 13.7. The third-order valence-electron chi connectivity index (χ3n) is 5.53. The van der Waals surface area contributed by atoms with Crippen molar-refractivity contribution in [3.63, 3.8) is 0 Å². The highest BCUT2D eigenvalue weighted by Crippen LogP contribution is 2.40. The predicted molar refractivity (Wildman–Crippen MR) is 118 cm³/mol. The van der Waals surface area contributed by atoms with Crippen LogP contribution in [0.3, 0.4) is 0 Å². The van der Waals surface area contributed by atoms with E-state index >= 15 is 0 Å². The molecule has 8 heteroatoms. The number of amides is 1. The first kappa shape index (κ1) is 21.2. The minimum absolute atomic E-state index is 0.121. The topological polar surface area (TPSA) is 56.6 Å². The van der Waals surface area contributed by atoms with Crippen LogP contribution in [0.5, 0.6) is 11.5 Å². The number of methoxy groups -OCH3 is 2. The summed E-state index contributed by atoms with van der Waals surface area (Å²) in [6.45, 7) is 0.632. The van der Waals surface area contributed by atoms with Gasteiger partial charge in [0, 0.05) is 17.8 Å². The van der Waals surface area contributed by atoms with E-state index < -0.39 is 0 Å². The number of benzene rings is 2. The van der Waals surface area contributed by atoms with E-state index in [1.807, 2.05) is 29.4 Å². The zero-order valence-corrected chi connectivity index (χ0v) is 18.5. The first-order chi connectivity index (χ1) is 15.1. The van der Waals surface area contributed by atoms with Gasteiger partial charge in [-0.15, -0.1) is 0 Å². The Morgan fingerprint density at radius 3 is 2.61 bits per heavy atom. The van der Waals surface area contributed by atoms with Crippen molar-refractivity contribution in [3.05, 3.63) is 65.7 Å². The molecule has 0 bridgehead atoms. The Hall–Kier alpha value is -3.00. The zero-order valence-electron chi connectivity index (χ0n) is 17.7. The van der Waals surface area contributed by atoms with Crippen LogP contribution in [-0.2, 0) is 0 Å². The molecule has 1 unspecified atom stereocenters. The molecule has 0 N–H and O–H groups in total. The van der Waals surface area contributed by atoms with Crippen molar-refractivity contribution in [2.75, 3.05) is 27.0 Å². The van der Waals surface area contributed by atoms with Crippen LogP contribution in [-0.4, -0.2) is 47.4 Å². The van der Waals surface area contributed by atoms with Gasteiger partial charge >= 0.3 is 0 Å². The molecule has 0 spiro atoms. The Bertz CT molecular complexity index is 1080. The summed E-state index contributed by atoms with van der Waals surface area (Å²) in [5.41, 5.74) is 2.07. The third-order valence-corrected chi connectivity index (χ3v) is 6.18. The van der Waals surface area contributed by atoms with Gasteiger partial charge in [-0.25, -0.2) is 9.37 Å². The molecule has 4 rings (SSSR count). The van der Waals surface area contributed by atoms with Gasteiger partial charge in [0.1, 0.15) is 23.0 Å². The number of likely N-dealkylation sites (tertiary alicyclic amines) is 1. The van der Waals surface area contributed by atoms with Crippen molar-refractivity contribution < 1.29 is 18.7 Å². The lowest BCUT2D eigenvalue weighted by Gasteiger charge is -2.27. The highest BCUT2D eigenvalue weighted by molar-refractivity contribution is 7.98. The number of ether oxygens (including phenoxy) is 2. The molecule has 0 aliphatic carbocycles. The van der Waals surface area contributed by atoms with Crippen LogP contribution in [0.15, 0.2) is 53.8 Å². The van der Waals surface area contributed by atoms with Gasteiger partial charge in [0.15, 0.2) is 5.16 Å². The second-order valence-corrected chi connectivity index (χ2v) is 7.98. The van der Waals surface area contributed by atoms with Gasteiger partial charge in [-0.1, -0.05) is 11.8 Å². The number of carbonyl (C=O) groups is 1. The summed E-state index contributed by atoms with van der Waals surface area (Å²) in [7, 11) is 3.25. The van der Waals surface area contributed by atoms with E-state index in [9.17, 15) is 9.18 Å². The van der Waals surface area contributed by atoms with E-state index in [1.54, 1.807) is 37.1 Å². The molecule has 1 aromatic heterocycles. The maximum Gasteiger partial charge on any atom is 0.273 e. The fraction of sp³-hybridized carbons (Fsp3) is 0.304. The number of hydrogen-bond donors (Lipinski definition) is 0. The molecular formula is C23H24FN3O3S. The first-order valence-corrected chi connectivity index (χ1v) is 11.2. The number of halogens is 1. The third kappa shape index (κ3) is 3.99. The van der Waals surface area contributed by atoms with Gasteiger partial charge < -0.3 is 14.4 Å². The lowest BCUT2D eigenvalue weighted by atomic mass is 10.0. The summed E-state index contributed by atoms with van der Waals surface area (Å²) in [5.74, 6) is 0.995. The molecule has 2 heterocycles. The molecule has 1 aliphatic rings. The smallest absolute Gasteiger partial charge is 0.273 e. The van der Waals surface area contributed by atoms with Crippen molar-refractivity contribution in [2.45, 2.75) is 24.0 Å². The Labute approximate surface area is 185 Å². The summed E-state index contributed by atoms with van der Waals surface area (Å²) in [4.78, 5) is 20.0. The van der Waals surface area contributed by atoms with Crippen molar-refractivity contribution in [2.24, 2.45) is 0 Å². The number of rotatable bonds is 6. The Kier molecular flexibility index (Phi) is 6.18. The van der Waals surface area contributed by atoms with E-state index in [4.69, 9.17) is 9.47 Å². The molecule has 1 fully saturated rings. The molecule has 3 aromatic rings. The molecule has 1 aliphatic heterocycles. The van der Waals surface area contributed by atoms with E-state index in [2.05, 4.69) is 4.98 Å². The zero-order chi connectivity index (χ0) is 22.0. The quantitative estimate of drug-likeness (QED) is 0.518. The predicted octanol–water partition coefficient (Wildman–Crippen LogP) is 4.73. The lowest BCUT2D eigenvalue weighted by molar-refractivity contribution is 0.0725. The molecule has 0 saturated carbocycles. The summed E-state index contributed by atoms with van der Waals surface area (Å²) >= 11 is 1.43. The SMILES string of the molecule is COc1ccc(OC)c(C2CCCN2C(=O)c2cnc(SC)n2-c2ccc(F)cc2)c1. The van der Waals surface area contributed by atoms with E-state index in [1.165, 1.54) is 23.9 Å². The maximum absolute atomic E-state index is 13.7. The number of carbonyl (C=O) groups excluding carboxylic acids is 1. The van der Waals surface area contributed by atoms with Crippen molar-refractivity contribution in [1.82, 2.24) is 14.5 Å². The van der Waals surface area contributed by atoms with Gasteiger partial charge in [0.05, 0.1) is 26.5 Å². The van der Waals surface area contributed by atoms with Crippen LogP contribution in [0.2, 0.25) is 0 Å². The summed E-state index contributed by atoms with van der Waals surface area (Å²) in [5, 5.41) is 0.671. The second-order valence-electron chi connectivity index (χ2n) is 7.21. The largest absolute Gasteiger partial charge is 0.497 e. The lowest BCUT2D eigenvalue weighted by Crippen LogP contribution is -2.32.